The van der Waals surface area contributed by atoms with E-state index in [1.807, 2.05) is 0 Å². The lowest BCUT2D eigenvalue weighted by Crippen LogP contribution is -2.66. The maximum atomic E-state index is 12.4. The van der Waals surface area contributed by atoms with E-state index < -0.39 is 23.6 Å². The SMILES string of the molecule is COC(=O)C([NH3+])CC1(C(F)(F)F)CC1. The van der Waals surface area contributed by atoms with Gasteiger partial charge in [-0.25, -0.2) is 4.79 Å². The van der Waals surface area contributed by atoms with Gasteiger partial charge in [0.1, 0.15) is 0 Å². The molecule has 0 bridgehead atoms. The van der Waals surface area contributed by atoms with Crippen LogP contribution in [0.15, 0.2) is 0 Å². The van der Waals surface area contributed by atoms with E-state index in [1.54, 1.807) is 0 Å². The predicted octanol–water partition coefficient (Wildman–Crippen LogP) is 0.502. The second-order valence-electron chi connectivity index (χ2n) is 3.70. The Labute approximate surface area is 79.4 Å². The Hall–Kier alpha value is -0.780. The minimum atomic E-state index is -4.23. The maximum absolute atomic E-state index is 12.4. The summed E-state index contributed by atoms with van der Waals surface area (Å²) < 4.78 is 41.7. The number of esters is 1. The van der Waals surface area contributed by atoms with Crippen LogP contribution in [0.1, 0.15) is 19.3 Å². The van der Waals surface area contributed by atoms with E-state index in [0.29, 0.717) is 0 Å². The molecule has 1 fully saturated rings. The third-order valence-electron chi connectivity index (χ3n) is 2.63. The van der Waals surface area contributed by atoms with E-state index in [4.69, 9.17) is 0 Å². The van der Waals surface area contributed by atoms with Gasteiger partial charge in [0.15, 0.2) is 6.04 Å². The van der Waals surface area contributed by atoms with Crippen molar-refractivity contribution in [1.82, 2.24) is 0 Å². The first-order chi connectivity index (χ1) is 6.32. The van der Waals surface area contributed by atoms with Gasteiger partial charge in [-0.1, -0.05) is 0 Å². The van der Waals surface area contributed by atoms with Crippen molar-refractivity contribution in [2.75, 3.05) is 7.11 Å². The fraction of sp³-hybridized carbons (Fsp3) is 0.875. The second kappa shape index (κ2) is 3.42. The molecular weight excluding hydrogens is 199 g/mol. The van der Waals surface area contributed by atoms with Gasteiger partial charge in [0.2, 0.25) is 0 Å². The Morgan fingerprint density at radius 3 is 2.36 bits per heavy atom. The third-order valence-corrected chi connectivity index (χ3v) is 2.63. The highest BCUT2D eigenvalue weighted by atomic mass is 19.4. The number of ether oxygens (including phenoxy) is 1. The number of hydrogen-bond acceptors (Lipinski definition) is 2. The molecule has 1 aliphatic carbocycles. The highest BCUT2D eigenvalue weighted by Gasteiger charge is 2.64. The molecule has 0 aromatic rings. The van der Waals surface area contributed by atoms with Crippen molar-refractivity contribution in [1.29, 1.82) is 0 Å². The van der Waals surface area contributed by atoms with E-state index in [0.717, 1.165) is 7.11 Å². The zero-order valence-corrected chi connectivity index (χ0v) is 7.86. The maximum Gasteiger partial charge on any atom is 0.394 e. The summed E-state index contributed by atoms with van der Waals surface area (Å²) in [5, 5.41) is 0. The third kappa shape index (κ3) is 2.00. The highest BCUT2D eigenvalue weighted by molar-refractivity contribution is 5.73. The smallest absolute Gasteiger partial charge is 0.394 e. The Morgan fingerprint density at radius 1 is 1.57 bits per heavy atom. The van der Waals surface area contributed by atoms with Gasteiger partial charge in [-0.2, -0.15) is 13.2 Å². The van der Waals surface area contributed by atoms with Crippen molar-refractivity contribution in [3.05, 3.63) is 0 Å². The number of quaternary nitrogens is 1. The summed E-state index contributed by atoms with van der Waals surface area (Å²) in [6.07, 6.45) is -4.29. The van der Waals surface area contributed by atoms with E-state index in [1.165, 1.54) is 0 Å². The monoisotopic (exact) mass is 212 g/mol. The molecule has 0 aliphatic heterocycles. The molecular formula is C8H13F3NO2+. The number of halogens is 3. The lowest BCUT2D eigenvalue weighted by molar-refractivity contribution is -0.416. The van der Waals surface area contributed by atoms with Crippen molar-refractivity contribution in [2.45, 2.75) is 31.5 Å². The Balaban J connectivity index is 2.57. The molecule has 82 valence electrons. The number of rotatable bonds is 3. The normalized spacial score (nSPS) is 21.5. The second-order valence-corrected chi connectivity index (χ2v) is 3.70. The molecule has 0 aromatic heterocycles. The lowest BCUT2D eigenvalue weighted by Gasteiger charge is -2.19. The molecule has 3 nitrogen and oxygen atoms in total. The number of alkyl halides is 3. The van der Waals surface area contributed by atoms with E-state index in [2.05, 4.69) is 10.5 Å². The number of carbonyl (C=O) groups excluding carboxylic acids is 1. The van der Waals surface area contributed by atoms with Gasteiger partial charge in [-0.15, -0.1) is 0 Å². The summed E-state index contributed by atoms with van der Waals surface area (Å²) in [7, 11) is 1.15. The summed E-state index contributed by atoms with van der Waals surface area (Å²) in [4.78, 5) is 10.9. The van der Waals surface area contributed by atoms with Crippen molar-refractivity contribution < 1.29 is 28.4 Å². The fourth-order valence-electron chi connectivity index (χ4n) is 1.48. The molecule has 0 heterocycles. The summed E-state index contributed by atoms with van der Waals surface area (Å²) in [5.41, 5.74) is 1.70. The van der Waals surface area contributed by atoms with Crippen LogP contribution in [-0.4, -0.2) is 25.3 Å². The van der Waals surface area contributed by atoms with Crippen LogP contribution in [-0.2, 0) is 9.53 Å². The summed E-state index contributed by atoms with van der Waals surface area (Å²) in [6, 6.07) is -0.927. The minimum Gasteiger partial charge on any atom is -0.465 e. The molecule has 0 saturated heterocycles. The van der Waals surface area contributed by atoms with Crippen LogP contribution in [0.3, 0.4) is 0 Å². The van der Waals surface area contributed by atoms with Gasteiger partial charge in [-0.05, 0) is 12.8 Å². The van der Waals surface area contributed by atoms with Gasteiger partial charge in [0.05, 0.1) is 12.5 Å². The molecule has 1 atom stereocenters. The molecule has 14 heavy (non-hydrogen) atoms. The molecule has 6 heteroatoms. The molecule has 0 amide bonds. The van der Waals surface area contributed by atoms with E-state index in [9.17, 15) is 18.0 Å². The zero-order valence-electron chi connectivity index (χ0n) is 7.86. The molecule has 0 aromatic carbocycles. The van der Waals surface area contributed by atoms with Crippen LogP contribution in [0.25, 0.3) is 0 Å². The quantitative estimate of drug-likeness (QED) is 0.693. The van der Waals surface area contributed by atoms with E-state index in [-0.39, 0.29) is 19.3 Å². The van der Waals surface area contributed by atoms with Crippen molar-refractivity contribution in [2.24, 2.45) is 5.41 Å². The number of carbonyl (C=O) groups is 1. The molecule has 0 radical (unpaired) electrons. The van der Waals surface area contributed by atoms with E-state index >= 15 is 0 Å². The summed E-state index contributed by atoms with van der Waals surface area (Å²) in [6.45, 7) is 0. The Bertz CT molecular complexity index is 235. The first-order valence-electron chi connectivity index (χ1n) is 4.30. The Morgan fingerprint density at radius 2 is 2.07 bits per heavy atom. The number of methoxy groups -OCH3 is 1. The first kappa shape index (κ1) is 11.3. The van der Waals surface area contributed by atoms with Crippen LogP contribution >= 0.6 is 0 Å². The van der Waals surface area contributed by atoms with Crippen LogP contribution < -0.4 is 5.73 Å². The van der Waals surface area contributed by atoms with Gasteiger partial charge in [0, 0.05) is 6.42 Å². The lowest BCUT2D eigenvalue weighted by atomic mass is 9.97. The van der Waals surface area contributed by atoms with Crippen LogP contribution in [0, 0.1) is 5.41 Å². The number of hydrogen-bond donors (Lipinski definition) is 1. The topological polar surface area (TPSA) is 53.9 Å². The van der Waals surface area contributed by atoms with Crippen molar-refractivity contribution in [3.63, 3.8) is 0 Å². The fourth-order valence-corrected chi connectivity index (χ4v) is 1.48. The summed E-state index contributed by atoms with van der Waals surface area (Å²) >= 11 is 0. The average molecular weight is 212 g/mol. The average Bonchev–Trinajstić information content (AvgIpc) is 2.82. The summed E-state index contributed by atoms with van der Waals surface area (Å²) in [5.74, 6) is -0.680. The van der Waals surface area contributed by atoms with Gasteiger partial charge < -0.3 is 10.5 Å². The molecule has 1 unspecified atom stereocenters. The molecule has 0 spiro atoms. The molecule has 3 N–H and O–H groups in total. The Kier molecular flexibility index (Phi) is 2.76. The predicted molar refractivity (Wildman–Crippen MR) is 41.0 cm³/mol. The zero-order chi connectivity index (χ0) is 11.0. The van der Waals surface area contributed by atoms with Gasteiger partial charge in [-0.3, -0.25) is 0 Å². The molecule has 1 saturated carbocycles. The van der Waals surface area contributed by atoms with Crippen molar-refractivity contribution >= 4 is 5.97 Å². The first-order valence-corrected chi connectivity index (χ1v) is 4.30. The van der Waals surface area contributed by atoms with Gasteiger partial charge >= 0.3 is 12.1 Å². The minimum absolute atomic E-state index is 0.0967. The van der Waals surface area contributed by atoms with Crippen LogP contribution in [0.4, 0.5) is 13.2 Å². The molecule has 1 aliphatic rings. The highest BCUT2D eigenvalue weighted by Crippen LogP contribution is 2.60. The van der Waals surface area contributed by atoms with Crippen molar-refractivity contribution in [3.8, 4) is 0 Å². The standard InChI is InChI=1S/C8H12F3NO2/c1-14-6(13)5(12)4-7(2-3-7)8(9,10)11/h5H,2-4,12H2,1H3/p+1. The van der Waals surface area contributed by atoms with Crippen LogP contribution in [0.5, 0.6) is 0 Å². The van der Waals surface area contributed by atoms with Gasteiger partial charge in [0.25, 0.3) is 0 Å². The largest absolute Gasteiger partial charge is 0.465 e. The van der Waals surface area contributed by atoms with Crippen LogP contribution in [0.2, 0.25) is 0 Å². The molecule has 1 rings (SSSR count).